The summed E-state index contributed by atoms with van der Waals surface area (Å²) >= 11 is 1.53. The van der Waals surface area contributed by atoms with E-state index >= 15 is 0 Å². The zero-order valence-electron chi connectivity index (χ0n) is 11.9. The number of carboxylic acids is 1. The van der Waals surface area contributed by atoms with E-state index in [9.17, 15) is 14.7 Å². The van der Waals surface area contributed by atoms with Gasteiger partial charge in [0, 0.05) is 18.5 Å². The molecular weight excluding hydrogens is 276 g/mol. The second kappa shape index (κ2) is 5.91. The molecule has 2 rings (SSSR count). The zero-order chi connectivity index (χ0) is 14.8. The van der Waals surface area contributed by atoms with E-state index in [0.717, 1.165) is 17.1 Å². The number of likely N-dealkylation sites (tertiary alicyclic amines) is 1. The predicted molar refractivity (Wildman–Crippen MR) is 76.7 cm³/mol. The number of hydrogen-bond donors (Lipinski definition) is 1. The number of carboxylic acid groups (broad SMARTS) is 1. The number of aliphatic carboxylic acids is 1. The maximum Gasteiger partial charge on any atom is 0.311 e. The van der Waals surface area contributed by atoms with Gasteiger partial charge in [0.2, 0.25) is 5.91 Å². The van der Waals surface area contributed by atoms with E-state index in [1.807, 2.05) is 19.2 Å². The summed E-state index contributed by atoms with van der Waals surface area (Å²) in [5.41, 5.74) is 0.0309. The number of rotatable bonds is 5. The molecule has 2 heterocycles. The van der Waals surface area contributed by atoms with Crippen molar-refractivity contribution < 1.29 is 14.7 Å². The molecule has 1 aliphatic rings. The van der Waals surface area contributed by atoms with Gasteiger partial charge >= 0.3 is 5.97 Å². The molecule has 1 atom stereocenters. The highest BCUT2D eigenvalue weighted by atomic mass is 32.1. The first-order chi connectivity index (χ1) is 9.47. The van der Waals surface area contributed by atoms with Crippen LogP contribution in [0.4, 0.5) is 0 Å². The first-order valence-corrected chi connectivity index (χ1v) is 7.77. The molecule has 1 fully saturated rings. The van der Waals surface area contributed by atoms with Crippen LogP contribution in [0.25, 0.3) is 0 Å². The smallest absolute Gasteiger partial charge is 0.311 e. The van der Waals surface area contributed by atoms with Crippen LogP contribution >= 0.6 is 11.3 Å². The van der Waals surface area contributed by atoms with Gasteiger partial charge in [-0.1, -0.05) is 13.3 Å². The molecule has 0 saturated carbocycles. The van der Waals surface area contributed by atoms with Gasteiger partial charge in [-0.25, -0.2) is 4.98 Å². The normalized spacial score (nSPS) is 22.2. The lowest BCUT2D eigenvalue weighted by atomic mass is 9.83. The number of nitrogens with zero attached hydrogens (tertiary/aromatic N) is 2. The second-order valence-electron chi connectivity index (χ2n) is 5.44. The average Bonchev–Trinajstić information content (AvgIpc) is 2.98. The van der Waals surface area contributed by atoms with Gasteiger partial charge in [-0.2, -0.15) is 0 Å². The number of carbonyl (C=O) groups excluding carboxylic acids is 1. The molecular formula is C14H20N2O3S. The molecule has 5 nitrogen and oxygen atoms in total. The Hall–Kier alpha value is -1.43. The number of aromatic nitrogens is 1. The first-order valence-electron chi connectivity index (χ1n) is 6.89. The lowest BCUT2D eigenvalue weighted by molar-refractivity contribution is -0.149. The van der Waals surface area contributed by atoms with Gasteiger partial charge in [0.25, 0.3) is 0 Å². The van der Waals surface area contributed by atoms with E-state index in [1.165, 1.54) is 11.3 Å². The summed E-state index contributed by atoms with van der Waals surface area (Å²) in [6.07, 6.45) is 2.27. The topological polar surface area (TPSA) is 70.5 Å². The summed E-state index contributed by atoms with van der Waals surface area (Å²) in [7, 11) is 0. The second-order valence-corrected chi connectivity index (χ2v) is 6.50. The summed E-state index contributed by atoms with van der Waals surface area (Å²) in [5, 5.41) is 12.3. The molecule has 1 unspecified atom stereocenters. The average molecular weight is 296 g/mol. The third-order valence-electron chi connectivity index (χ3n) is 3.89. The van der Waals surface area contributed by atoms with Crippen molar-refractivity contribution in [3.05, 3.63) is 16.1 Å². The van der Waals surface area contributed by atoms with E-state index < -0.39 is 11.4 Å². The molecule has 0 spiro atoms. The highest BCUT2D eigenvalue weighted by Gasteiger charge is 2.45. The molecule has 1 saturated heterocycles. The van der Waals surface area contributed by atoms with Crippen LogP contribution in [0.3, 0.4) is 0 Å². The molecule has 1 aromatic rings. The van der Waals surface area contributed by atoms with Crippen LogP contribution in [0, 0.1) is 12.3 Å². The van der Waals surface area contributed by atoms with Crippen molar-refractivity contribution in [3.8, 4) is 0 Å². The Kier molecular flexibility index (Phi) is 4.42. The van der Waals surface area contributed by atoms with Gasteiger partial charge in [0.15, 0.2) is 0 Å². The van der Waals surface area contributed by atoms with Crippen LogP contribution in [0.2, 0.25) is 0 Å². The zero-order valence-corrected chi connectivity index (χ0v) is 12.7. The third kappa shape index (κ3) is 3.00. The van der Waals surface area contributed by atoms with Gasteiger partial charge in [0.1, 0.15) is 0 Å². The van der Waals surface area contributed by atoms with Gasteiger partial charge in [-0.15, -0.1) is 11.3 Å². The van der Waals surface area contributed by atoms with Crippen molar-refractivity contribution in [3.63, 3.8) is 0 Å². The van der Waals surface area contributed by atoms with Crippen LogP contribution < -0.4 is 0 Å². The molecule has 0 radical (unpaired) electrons. The van der Waals surface area contributed by atoms with Gasteiger partial charge in [0.05, 0.1) is 22.5 Å². The van der Waals surface area contributed by atoms with Crippen molar-refractivity contribution in [2.24, 2.45) is 5.41 Å². The van der Waals surface area contributed by atoms with Gasteiger partial charge in [-0.3, -0.25) is 9.59 Å². The quantitative estimate of drug-likeness (QED) is 0.903. The highest BCUT2D eigenvalue weighted by molar-refractivity contribution is 7.09. The summed E-state index contributed by atoms with van der Waals surface area (Å²) in [5.74, 6) is -0.798. The number of aryl methyl sites for hydroxylation is 1. The Morgan fingerprint density at radius 1 is 1.55 bits per heavy atom. The molecule has 0 bridgehead atoms. The highest BCUT2D eigenvalue weighted by Crippen LogP contribution is 2.35. The fourth-order valence-electron chi connectivity index (χ4n) is 2.81. The van der Waals surface area contributed by atoms with Gasteiger partial charge in [-0.05, 0) is 19.8 Å². The number of amides is 1. The van der Waals surface area contributed by atoms with E-state index in [-0.39, 0.29) is 12.3 Å². The third-order valence-corrected chi connectivity index (χ3v) is 4.71. The van der Waals surface area contributed by atoms with Crippen molar-refractivity contribution in [1.82, 2.24) is 9.88 Å². The first kappa shape index (κ1) is 15.0. The fourth-order valence-corrected chi connectivity index (χ4v) is 3.42. The van der Waals surface area contributed by atoms with Crippen LogP contribution in [0.15, 0.2) is 5.38 Å². The lowest BCUT2D eigenvalue weighted by Crippen LogP contribution is -2.37. The number of carbonyl (C=O) groups is 2. The number of thiazole rings is 1. The predicted octanol–water partition coefficient (Wildman–Crippen LogP) is 2.10. The van der Waals surface area contributed by atoms with Crippen molar-refractivity contribution in [2.45, 2.75) is 39.5 Å². The SMILES string of the molecule is CCCC1(C(=O)O)CCN(C(=O)Cc2csc(C)n2)C1. The largest absolute Gasteiger partial charge is 0.481 e. The Balaban J connectivity index is 2.01. The Morgan fingerprint density at radius 2 is 2.30 bits per heavy atom. The summed E-state index contributed by atoms with van der Waals surface area (Å²) in [4.78, 5) is 29.7. The fraction of sp³-hybridized carbons (Fsp3) is 0.643. The van der Waals surface area contributed by atoms with E-state index in [4.69, 9.17) is 0 Å². The molecule has 1 aromatic heterocycles. The molecule has 0 aromatic carbocycles. The van der Waals surface area contributed by atoms with Crippen LogP contribution in [-0.4, -0.2) is 40.0 Å². The molecule has 1 aliphatic heterocycles. The minimum Gasteiger partial charge on any atom is -0.481 e. The molecule has 20 heavy (non-hydrogen) atoms. The Bertz CT molecular complexity index is 514. The van der Waals surface area contributed by atoms with Crippen molar-refractivity contribution >= 4 is 23.2 Å². The minimum absolute atomic E-state index is 0.0190. The molecule has 6 heteroatoms. The van der Waals surface area contributed by atoms with Crippen LogP contribution in [-0.2, 0) is 16.0 Å². The molecule has 1 N–H and O–H groups in total. The monoisotopic (exact) mass is 296 g/mol. The minimum atomic E-state index is -0.779. The molecule has 1 amide bonds. The Morgan fingerprint density at radius 3 is 2.85 bits per heavy atom. The van der Waals surface area contributed by atoms with E-state index in [2.05, 4.69) is 4.98 Å². The van der Waals surface area contributed by atoms with Crippen molar-refractivity contribution in [1.29, 1.82) is 0 Å². The molecule has 110 valence electrons. The maximum atomic E-state index is 12.2. The van der Waals surface area contributed by atoms with Crippen LogP contribution in [0.5, 0.6) is 0 Å². The summed E-state index contributed by atoms with van der Waals surface area (Å²) < 4.78 is 0. The molecule has 0 aliphatic carbocycles. The Labute approximate surface area is 122 Å². The van der Waals surface area contributed by atoms with E-state index in [1.54, 1.807) is 4.90 Å². The maximum absolute atomic E-state index is 12.2. The number of hydrogen-bond acceptors (Lipinski definition) is 4. The van der Waals surface area contributed by atoms with E-state index in [0.29, 0.717) is 25.9 Å². The summed E-state index contributed by atoms with van der Waals surface area (Å²) in [6, 6.07) is 0. The van der Waals surface area contributed by atoms with Gasteiger partial charge < -0.3 is 10.0 Å². The standard InChI is InChI=1S/C14H20N2O3S/c1-3-4-14(13(18)19)5-6-16(9-14)12(17)7-11-8-20-10(2)15-11/h8H,3-7,9H2,1-2H3,(H,18,19). The lowest BCUT2D eigenvalue weighted by Gasteiger charge is -2.24. The summed E-state index contributed by atoms with van der Waals surface area (Å²) in [6.45, 7) is 4.75. The van der Waals surface area contributed by atoms with Crippen molar-refractivity contribution in [2.75, 3.05) is 13.1 Å². The van der Waals surface area contributed by atoms with Crippen LogP contribution in [0.1, 0.15) is 36.9 Å².